The zero-order valence-corrected chi connectivity index (χ0v) is 15.2. The van der Waals surface area contributed by atoms with Crippen molar-refractivity contribution in [2.24, 2.45) is 0 Å². The monoisotopic (exact) mass is 350 g/mol. The Morgan fingerprint density at radius 1 is 1.12 bits per heavy atom. The van der Waals surface area contributed by atoms with Crippen molar-refractivity contribution < 1.29 is 4.79 Å². The Balaban J connectivity index is 1.31. The van der Waals surface area contributed by atoms with Gasteiger partial charge < -0.3 is 10.2 Å². The highest BCUT2D eigenvalue weighted by atomic mass is 16.2. The van der Waals surface area contributed by atoms with Crippen molar-refractivity contribution in [2.75, 3.05) is 19.6 Å². The molecule has 0 unspecified atom stereocenters. The van der Waals surface area contributed by atoms with E-state index in [0.717, 1.165) is 57.7 Å². The van der Waals surface area contributed by atoms with E-state index in [1.165, 1.54) is 24.0 Å². The van der Waals surface area contributed by atoms with Crippen molar-refractivity contribution in [3.63, 3.8) is 0 Å². The summed E-state index contributed by atoms with van der Waals surface area (Å²) < 4.78 is 2.01. The van der Waals surface area contributed by atoms with Crippen molar-refractivity contribution in [1.29, 1.82) is 0 Å². The van der Waals surface area contributed by atoms with E-state index in [-0.39, 0.29) is 5.91 Å². The highest BCUT2D eigenvalue weighted by molar-refractivity contribution is 5.92. The molecule has 0 radical (unpaired) electrons. The Labute approximate surface area is 154 Å². The van der Waals surface area contributed by atoms with E-state index in [0.29, 0.717) is 11.1 Å². The van der Waals surface area contributed by atoms with Gasteiger partial charge in [-0.2, -0.15) is 5.10 Å². The number of carbonyl (C=O) groups excluding carboxylic acids is 1. The van der Waals surface area contributed by atoms with Crippen molar-refractivity contribution in [2.45, 2.75) is 50.6 Å². The Bertz CT molecular complexity index is 809. The molecule has 0 saturated carbocycles. The SMILES string of the molecule is O=C(c1cc2n(n1)CCCNC2)N1CCC2(CCc3ccccc32)CC1. The number of hydrogen-bond acceptors (Lipinski definition) is 3. The van der Waals surface area contributed by atoms with Crippen molar-refractivity contribution in [3.05, 3.63) is 52.8 Å². The molecule has 26 heavy (non-hydrogen) atoms. The fourth-order valence-corrected chi connectivity index (χ4v) is 5.05. The fourth-order valence-electron chi connectivity index (χ4n) is 5.05. The summed E-state index contributed by atoms with van der Waals surface area (Å²) in [4.78, 5) is 15.0. The average Bonchev–Trinajstić information content (AvgIpc) is 3.17. The summed E-state index contributed by atoms with van der Waals surface area (Å²) in [6, 6.07) is 10.9. The molecule has 1 aromatic heterocycles. The predicted molar refractivity (Wildman–Crippen MR) is 100 cm³/mol. The summed E-state index contributed by atoms with van der Waals surface area (Å²) in [5, 5.41) is 7.99. The summed E-state index contributed by atoms with van der Waals surface area (Å²) in [5.74, 6) is 0.103. The Morgan fingerprint density at radius 2 is 1.96 bits per heavy atom. The molecule has 1 spiro atoms. The van der Waals surface area contributed by atoms with E-state index in [1.54, 1.807) is 0 Å². The molecule has 1 aromatic carbocycles. The smallest absolute Gasteiger partial charge is 0.274 e. The van der Waals surface area contributed by atoms with Crippen molar-refractivity contribution in [1.82, 2.24) is 20.0 Å². The van der Waals surface area contributed by atoms with Crippen LogP contribution in [0.15, 0.2) is 30.3 Å². The van der Waals surface area contributed by atoms with Gasteiger partial charge in [-0.05, 0) is 61.3 Å². The predicted octanol–water partition coefficient (Wildman–Crippen LogP) is 2.50. The number of hydrogen-bond donors (Lipinski definition) is 1. The van der Waals surface area contributed by atoms with Crippen LogP contribution in [0.1, 0.15) is 53.0 Å². The molecule has 1 N–H and O–H groups in total. The lowest BCUT2D eigenvalue weighted by atomic mass is 9.74. The van der Waals surface area contributed by atoms with E-state index < -0.39 is 0 Å². The van der Waals surface area contributed by atoms with Crippen LogP contribution in [-0.2, 0) is 24.9 Å². The van der Waals surface area contributed by atoms with Crippen LogP contribution in [-0.4, -0.2) is 40.2 Å². The van der Waals surface area contributed by atoms with Crippen LogP contribution in [0.2, 0.25) is 0 Å². The zero-order valence-electron chi connectivity index (χ0n) is 15.2. The van der Waals surface area contributed by atoms with Crippen molar-refractivity contribution in [3.8, 4) is 0 Å². The molecular formula is C21H26N4O. The second-order valence-corrected chi connectivity index (χ2v) is 8.00. The number of rotatable bonds is 1. The van der Waals surface area contributed by atoms with Crippen LogP contribution in [0.25, 0.3) is 0 Å². The summed E-state index contributed by atoms with van der Waals surface area (Å²) in [6.45, 7) is 4.40. The Morgan fingerprint density at radius 3 is 2.85 bits per heavy atom. The third-order valence-corrected chi connectivity index (χ3v) is 6.58. The van der Waals surface area contributed by atoms with Crippen LogP contribution >= 0.6 is 0 Å². The summed E-state index contributed by atoms with van der Waals surface area (Å²) in [5.41, 5.74) is 5.09. The van der Waals surface area contributed by atoms with Gasteiger partial charge in [0.25, 0.3) is 5.91 Å². The summed E-state index contributed by atoms with van der Waals surface area (Å²) in [7, 11) is 0. The van der Waals surface area contributed by atoms with Gasteiger partial charge in [0, 0.05) is 26.2 Å². The highest BCUT2D eigenvalue weighted by Gasteiger charge is 2.42. The molecule has 136 valence electrons. The van der Waals surface area contributed by atoms with Gasteiger partial charge in [0.1, 0.15) is 0 Å². The molecule has 0 bridgehead atoms. The molecule has 1 aliphatic carbocycles. The Kier molecular flexibility index (Phi) is 3.85. The number of fused-ring (bicyclic) bond motifs is 3. The molecule has 2 aliphatic heterocycles. The number of aryl methyl sites for hydroxylation is 2. The number of likely N-dealkylation sites (tertiary alicyclic amines) is 1. The number of nitrogens with zero attached hydrogens (tertiary/aromatic N) is 3. The van der Waals surface area contributed by atoms with Crippen LogP contribution in [0.5, 0.6) is 0 Å². The minimum atomic E-state index is 0.103. The normalized spacial score (nSPS) is 21.3. The van der Waals surface area contributed by atoms with Crippen LogP contribution < -0.4 is 5.32 Å². The van der Waals surface area contributed by atoms with Gasteiger partial charge in [-0.1, -0.05) is 24.3 Å². The van der Waals surface area contributed by atoms with Crippen LogP contribution in [0, 0.1) is 0 Å². The number of amides is 1. The first-order valence-corrected chi connectivity index (χ1v) is 9.90. The molecule has 1 amide bonds. The van der Waals surface area contributed by atoms with Gasteiger partial charge in [0.2, 0.25) is 0 Å². The van der Waals surface area contributed by atoms with Gasteiger partial charge in [0.15, 0.2) is 5.69 Å². The standard InChI is InChI=1S/C21H26N4O/c26-20(19-14-17-15-22-10-3-11-25(17)23-19)24-12-8-21(9-13-24)7-6-16-4-1-2-5-18(16)21/h1-2,4-5,14,22H,3,6-13,15H2. The van der Waals surface area contributed by atoms with E-state index in [4.69, 9.17) is 0 Å². The van der Waals surface area contributed by atoms with Gasteiger partial charge in [-0.3, -0.25) is 9.48 Å². The quantitative estimate of drug-likeness (QED) is 0.860. The van der Waals surface area contributed by atoms with Gasteiger partial charge in [-0.25, -0.2) is 0 Å². The average molecular weight is 350 g/mol. The van der Waals surface area contributed by atoms with Gasteiger partial charge in [-0.15, -0.1) is 0 Å². The Hall–Kier alpha value is -2.14. The lowest BCUT2D eigenvalue weighted by molar-refractivity contribution is 0.0659. The van der Waals surface area contributed by atoms with Gasteiger partial charge in [0.05, 0.1) is 5.69 Å². The molecular weight excluding hydrogens is 324 g/mol. The first kappa shape index (κ1) is 16.1. The van der Waals surface area contributed by atoms with E-state index in [2.05, 4.69) is 34.7 Å². The minimum absolute atomic E-state index is 0.103. The van der Waals surface area contributed by atoms with E-state index in [9.17, 15) is 4.79 Å². The minimum Gasteiger partial charge on any atom is -0.337 e. The van der Waals surface area contributed by atoms with Gasteiger partial charge >= 0.3 is 0 Å². The number of piperidine rings is 1. The molecule has 5 heteroatoms. The van der Waals surface area contributed by atoms with Crippen molar-refractivity contribution >= 4 is 5.91 Å². The molecule has 3 heterocycles. The maximum atomic E-state index is 13.0. The molecule has 2 aromatic rings. The lowest BCUT2D eigenvalue weighted by Crippen LogP contribution is -2.44. The first-order chi connectivity index (χ1) is 12.8. The molecule has 1 saturated heterocycles. The molecule has 5 nitrogen and oxygen atoms in total. The molecule has 1 fully saturated rings. The number of benzene rings is 1. The second-order valence-electron chi connectivity index (χ2n) is 8.00. The fraction of sp³-hybridized carbons (Fsp3) is 0.524. The second kappa shape index (κ2) is 6.23. The summed E-state index contributed by atoms with van der Waals surface area (Å²) >= 11 is 0. The number of nitrogens with one attached hydrogen (secondary N) is 1. The maximum absolute atomic E-state index is 13.0. The maximum Gasteiger partial charge on any atom is 0.274 e. The van der Waals surface area contributed by atoms with E-state index in [1.807, 2.05) is 15.6 Å². The van der Waals surface area contributed by atoms with Crippen LogP contribution in [0.4, 0.5) is 0 Å². The zero-order chi connectivity index (χ0) is 17.6. The molecule has 0 atom stereocenters. The summed E-state index contributed by atoms with van der Waals surface area (Å²) in [6.07, 6.45) is 5.63. The molecule has 3 aliphatic rings. The molecule has 5 rings (SSSR count). The highest BCUT2D eigenvalue weighted by Crippen LogP contribution is 2.46. The topological polar surface area (TPSA) is 50.2 Å². The number of carbonyl (C=O) groups is 1. The van der Waals surface area contributed by atoms with Crippen LogP contribution in [0.3, 0.4) is 0 Å². The lowest BCUT2D eigenvalue weighted by Gasteiger charge is -2.40. The third-order valence-electron chi connectivity index (χ3n) is 6.58. The first-order valence-electron chi connectivity index (χ1n) is 9.90. The third kappa shape index (κ3) is 2.57. The van der Waals surface area contributed by atoms with E-state index >= 15 is 0 Å². The number of aromatic nitrogens is 2. The largest absolute Gasteiger partial charge is 0.337 e.